The molecule has 2 aromatic rings. The third kappa shape index (κ3) is 2.60. The number of nitrogens with two attached hydrogens (primary N) is 1. The standard InChI is InChI=1S/C12H18N6S/c1-17-11(13)14-15-12(17)19-8-9-6-7-18(16-9)10-4-2-3-5-10/h6-7,10H,2-5,8H2,1H3,(H2,13,14). The van der Waals surface area contributed by atoms with E-state index in [0.29, 0.717) is 12.0 Å². The van der Waals surface area contributed by atoms with E-state index in [-0.39, 0.29) is 0 Å². The number of hydrogen-bond acceptors (Lipinski definition) is 5. The fourth-order valence-corrected chi connectivity index (χ4v) is 3.23. The summed E-state index contributed by atoms with van der Waals surface area (Å²) in [6, 6.07) is 2.69. The zero-order chi connectivity index (χ0) is 13.2. The van der Waals surface area contributed by atoms with Crippen LogP contribution < -0.4 is 5.73 Å². The number of nitrogens with zero attached hydrogens (tertiary/aromatic N) is 5. The van der Waals surface area contributed by atoms with Crippen molar-refractivity contribution in [2.45, 2.75) is 42.6 Å². The van der Waals surface area contributed by atoms with Crippen molar-refractivity contribution in [1.29, 1.82) is 0 Å². The van der Waals surface area contributed by atoms with Gasteiger partial charge in [-0.1, -0.05) is 24.6 Å². The maximum Gasteiger partial charge on any atom is 0.222 e. The number of aromatic nitrogens is 5. The minimum atomic E-state index is 0.444. The average Bonchev–Trinajstić information content (AvgIpc) is 3.11. The molecule has 2 heterocycles. The van der Waals surface area contributed by atoms with Crippen LogP contribution in [0.2, 0.25) is 0 Å². The van der Waals surface area contributed by atoms with Crippen LogP contribution in [0.5, 0.6) is 0 Å². The van der Waals surface area contributed by atoms with Gasteiger partial charge in [0.05, 0.1) is 11.7 Å². The molecule has 1 fully saturated rings. The van der Waals surface area contributed by atoms with Gasteiger partial charge in [0.25, 0.3) is 0 Å². The highest BCUT2D eigenvalue weighted by molar-refractivity contribution is 7.98. The van der Waals surface area contributed by atoms with Crippen molar-refractivity contribution in [3.63, 3.8) is 0 Å². The van der Waals surface area contributed by atoms with E-state index >= 15 is 0 Å². The molecule has 0 aliphatic heterocycles. The van der Waals surface area contributed by atoms with Gasteiger partial charge in [0.2, 0.25) is 5.95 Å². The molecule has 3 rings (SSSR count). The fraction of sp³-hybridized carbons (Fsp3) is 0.583. The topological polar surface area (TPSA) is 74.6 Å². The van der Waals surface area contributed by atoms with Crippen LogP contribution in [0.15, 0.2) is 17.4 Å². The van der Waals surface area contributed by atoms with E-state index in [2.05, 4.69) is 32.2 Å². The Balaban J connectivity index is 1.62. The van der Waals surface area contributed by atoms with E-state index in [4.69, 9.17) is 5.73 Å². The van der Waals surface area contributed by atoms with Crippen LogP contribution >= 0.6 is 11.8 Å². The highest BCUT2D eigenvalue weighted by Gasteiger charge is 2.17. The predicted molar refractivity (Wildman–Crippen MR) is 74.7 cm³/mol. The van der Waals surface area contributed by atoms with Gasteiger partial charge < -0.3 is 5.73 Å². The van der Waals surface area contributed by atoms with Crippen LogP contribution in [0.4, 0.5) is 5.95 Å². The van der Waals surface area contributed by atoms with Crippen molar-refractivity contribution in [2.75, 3.05) is 5.73 Å². The summed E-state index contributed by atoms with van der Waals surface area (Å²) >= 11 is 1.61. The van der Waals surface area contributed by atoms with Gasteiger partial charge in [-0.2, -0.15) is 5.10 Å². The molecule has 0 unspecified atom stereocenters. The van der Waals surface area contributed by atoms with Crippen molar-refractivity contribution in [2.24, 2.45) is 7.05 Å². The molecule has 6 nitrogen and oxygen atoms in total. The number of hydrogen-bond donors (Lipinski definition) is 1. The van der Waals surface area contributed by atoms with Crippen LogP contribution in [0.3, 0.4) is 0 Å². The molecule has 0 radical (unpaired) electrons. The molecule has 1 saturated carbocycles. The summed E-state index contributed by atoms with van der Waals surface area (Å²) in [6.45, 7) is 0. The van der Waals surface area contributed by atoms with Gasteiger partial charge in [-0.3, -0.25) is 9.25 Å². The summed E-state index contributed by atoms with van der Waals surface area (Å²) in [5.74, 6) is 1.24. The Morgan fingerprint density at radius 1 is 1.37 bits per heavy atom. The summed E-state index contributed by atoms with van der Waals surface area (Å²) in [5.41, 5.74) is 6.73. The summed E-state index contributed by atoms with van der Waals surface area (Å²) in [6.07, 6.45) is 7.26. The van der Waals surface area contributed by atoms with Crippen LogP contribution in [0.25, 0.3) is 0 Å². The average molecular weight is 278 g/mol. The lowest BCUT2D eigenvalue weighted by molar-refractivity contribution is 0.464. The van der Waals surface area contributed by atoms with Gasteiger partial charge >= 0.3 is 0 Å². The molecule has 7 heteroatoms. The van der Waals surface area contributed by atoms with E-state index in [1.165, 1.54) is 25.7 Å². The lowest BCUT2D eigenvalue weighted by atomic mass is 10.3. The summed E-state index contributed by atoms with van der Waals surface area (Å²) in [5, 5.41) is 13.3. The molecule has 2 aromatic heterocycles. The molecule has 0 amide bonds. The van der Waals surface area contributed by atoms with Gasteiger partial charge in [-0.25, -0.2) is 0 Å². The molecule has 0 spiro atoms. The lowest BCUT2D eigenvalue weighted by Gasteiger charge is -2.08. The summed E-state index contributed by atoms with van der Waals surface area (Å²) < 4.78 is 3.91. The van der Waals surface area contributed by atoms with Crippen LogP contribution in [0, 0.1) is 0 Å². The Morgan fingerprint density at radius 3 is 2.84 bits per heavy atom. The third-order valence-corrected chi connectivity index (χ3v) is 4.63. The first-order chi connectivity index (χ1) is 9.24. The largest absolute Gasteiger partial charge is 0.368 e. The fourth-order valence-electron chi connectivity index (χ4n) is 2.42. The molecular weight excluding hydrogens is 260 g/mol. The third-order valence-electron chi connectivity index (χ3n) is 3.58. The second-order valence-corrected chi connectivity index (χ2v) is 5.86. The SMILES string of the molecule is Cn1c(N)nnc1SCc1ccn(C2CCCC2)n1. The van der Waals surface area contributed by atoms with Crippen molar-refractivity contribution < 1.29 is 0 Å². The maximum absolute atomic E-state index is 5.65. The number of nitrogen functional groups attached to an aromatic ring is 1. The molecule has 1 aliphatic rings. The minimum absolute atomic E-state index is 0.444. The molecule has 102 valence electrons. The van der Waals surface area contributed by atoms with E-state index in [1.807, 2.05) is 7.05 Å². The zero-order valence-corrected chi connectivity index (χ0v) is 11.8. The van der Waals surface area contributed by atoms with E-state index in [1.54, 1.807) is 16.3 Å². The minimum Gasteiger partial charge on any atom is -0.368 e. The summed E-state index contributed by atoms with van der Waals surface area (Å²) in [7, 11) is 1.87. The number of thioether (sulfide) groups is 1. The van der Waals surface area contributed by atoms with Crippen molar-refractivity contribution in [3.05, 3.63) is 18.0 Å². The van der Waals surface area contributed by atoms with Gasteiger partial charge in [0, 0.05) is 19.0 Å². The van der Waals surface area contributed by atoms with Crippen molar-refractivity contribution in [3.8, 4) is 0 Å². The predicted octanol–water partition coefficient (Wildman–Crippen LogP) is 2.00. The van der Waals surface area contributed by atoms with Gasteiger partial charge in [0.1, 0.15) is 0 Å². The van der Waals surface area contributed by atoms with Crippen molar-refractivity contribution in [1.82, 2.24) is 24.5 Å². The Hall–Kier alpha value is -1.50. The molecule has 0 bridgehead atoms. The molecular formula is C12H18N6S. The van der Waals surface area contributed by atoms with Gasteiger partial charge in [-0.15, -0.1) is 10.2 Å². The Kier molecular flexibility index (Phi) is 3.46. The number of anilines is 1. The quantitative estimate of drug-likeness (QED) is 0.866. The Bertz CT molecular complexity index is 554. The molecule has 1 aliphatic carbocycles. The van der Waals surface area contributed by atoms with Crippen molar-refractivity contribution >= 4 is 17.7 Å². The monoisotopic (exact) mass is 278 g/mol. The first-order valence-electron chi connectivity index (χ1n) is 6.56. The maximum atomic E-state index is 5.65. The first-order valence-corrected chi connectivity index (χ1v) is 7.54. The normalized spacial score (nSPS) is 16.3. The molecule has 0 aromatic carbocycles. The zero-order valence-electron chi connectivity index (χ0n) is 11.0. The van der Waals surface area contributed by atoms with Crippen LogP contribution in [-0.4, -0.2) is 24.5 Å². The molecule has 0 saturated heterocycles. The van der Waals surface area contributed by atoms with E-state index in [9.17, 15) is 0 Å². The van der Waals surface area contributed by atoms with E-state index < -0.39 is 0 Å². The second kappa shape index (κ2) is 5.24. The molecule has 19 heavy (non-hydrogen) atoms. The highest BCUT2D eigenvalue weighted by atomic mass is 32.2. The van der Waals surface area contributed by atoms with Crippen LogP contribution in [-0.2, 0) is 12.8 Å². The lowest BCUT2D eigenvalue weighted by Crippen LogP contribution is -2.05. The molecule has 2 N–H and O–H groups in total. The van der Waals surface area contributed by atoms with Gasteiger partial charge in [-0.05, 0) is 18.9 Å². The Morgan fingerprint density at radius 2 is 2.16 bits per heavy atom. The summed E-state index contributed by atoms with van der Waals surface area (Å²) in [4.78, 5) is 0. The number of rotatable bonds is 4. The highest BCUT2D eigenvalue weighted by Crippen LogP contribution is 2.29. The Labute approximate surface area is 116 Å². The smallest absolute Gasteiger partial charge is 0.222 e. The van der Waals surface area contributed by atoms with Gasteiger partial charge in [0.15, 0.2) is 5.16 Å². The molecule has 0 atom stereocenters. The second-order valence-electron chi connectivity index (χ2n) is 4.91. The first kappa shape index (κ1) is 12.5. The van der Waals surface area contributed by atoms with E-state index in [0.717, 1.165) is 16.6 Å². The van der Waals surface area contributed by atoms with Crippen LogP contribution in [0.1, 0.15) is 37.4 Å².